The molecule has 7 heteroatoms. The summed E-state index contributed by atoms with van der Waals surface area (Å²) in [5, 5.41) is 2.90. The lowest BCUT2D eigenvalue weighted by Gasteiger charge is -2.15. The summed E-state index contributed by atoms with van der Waals surface area (Å²) in [6.07, 6.45) is 0. The van der Waals surface area contributed by atoms with Crippen molar-refractivity contribution in [2.24, 2.45) is 0 Å². The normalized spacial score (nSPS) is 11.1. The van der Waals surface area contributed by atoms with Crippen LogP contribution in [0.15, 0.2) is 59.5 Å². The molecule has 0 bridgehead atoms. The van der Waals surface area contributed by atoms with Crippen LogP contribution in [0.2, 0.25) is 0 Å². The van der Waals surface area contributed by atoms with E-state index in [0.717, 1.165) is 22.3 Å². The number of benzene rings is 3. The van der Waals surface area contributed by atoms with Gasteiger partial charge in [-0.2, -0.15) is 0 Å². The number of aryl methyl sites for hydroxylation is 4. The fourth-order valence-corrected chi connectivity index (χ4v) is 4.68. The zero-order valence-electron chi connectivity index (χ0n) is 18.2. The van der Waals surface area contributed by atoms with Gasteiger partial charge in [-0.25, -0.2) is 8.42 Å². The Kier molecular flexibility index (Phi) is 6.36. The first-order valence-corrected chi connectivity index (χ1v) is 11.3. The van der Waals surface area contributed by atoms with Gasteiger partial charge < -0.3 is 10.1 Å². The molecule has 3 rings (SSSR count). The van der Waals surface area contributed by atoms with E-state index in [1.165, 1.54) is 25.3 Å². The molecule has 6 nitrogen and oxygen atoms in total. The third kappa shape index (κ3) is 5.06. The predicted octanol–water partition coefficient (Wildman–Crippen LogP) is 4.98. The summed E-state index contributed by atoms with van der Waals surface area (Å²) in [7, 11) is -2.59. The van der Waals surface area contributed by atoms with E-state index in [1.54, 1.807) is 12.1 Å². The molecule has 0 radical (unpaired) electrons. The van der Waals surface area contributed by atoms with E-state index in [9.17, 15) is 13.2 Å². The molecule has 0 aromatic heterocycles. The highest BCUT2D eigenvalue weighted by Gasteiger charge is 2.22. The molecule has 0 aliphatic rings. The molecule has 31 heavy (non-hydrogen) atoms. The largest absolute Gasteiger partial charge is 0.495 e. The number of anilines is 2. The van der Waals surface area contributed by atoms with E-state index in [-0.39, 0.29) is 16.2 Å². The van der Waals surface area contributed by atoms with Crippen LogP contribution in [-0.2, 0) is 10.0 Å². The maximum Gasteiger partial charge on any atom is 0.265 e. The van der Waals surface area contributed by atoms with Crippen LogP contribution in [0.1, 0.15) is 32.6 Å². The number of sulfonamides is 1. The molecule has 3 aromatic rings. The Labute approximate surface area is 183 Å². The molecule has 0 aliphatic heterocycles. The first kappa shape index (κ1) is 22.4. The predicted molar refractivity (Wildman–Crippen MR) is 124 cm³/mol. The van der Waals surface area contributed by atoms with Crippen molar-refractivity contribution in [1.29, 1.82) is 0 Å². The summed E-state index contributed by atoms with van der Waals surface area (Å²) >= 11 is 0. The van der Waals surface area contributed by atoms with Gasteiger partial charge in [-0.05, 0) is 69.2 Å². The van der Waals surface area contributed by atoms with Crippen LogP contribution >= 0.6 is 0 Å². The van der Waals surface area contributed by atoms with Crippen LogP contribution in [-0.4, -0.2) is 21.4 Å². The molecule has 0 aliphatic carbocycles. The van der Waals surface area contributed by atoms with Crippen molar-refractivity contribution in [2.75, 3.05) is 17.1 Å². The Bertz CT molecular complexity index is 1210. The Balaban J connectivity index is 1.94. The van der Waals surface area contributed by atoms with Gasteiger partial charge in [0.1, 0.15) is 10.6 Å². The van der Waals surface area contributed by atoms with Crippen molar-refractivity contribution in [1.82, 2.24) is 0 Å². The Morgan fingerprint density at radius 1 is 0.839 bits per heavy atom. The van der Waals surface area contributed by atoms with E-state index in [2.05, 4.69) is 10.0 Å². The molecule has 1 amide bonds. The molecule has 0 heterocycles. The van der Waals surface area contributed by atoms with Crippen LogP contribution in [0.25, 0.3) is 0 Å². The minimum atomic E-state index is -3.97. The van der Waals surface area contributed by atoms with Crippen LogP contribution in [0, 0.1) is 27.7 Å². The Morgan fingerprint density at radius 3 is 2.03 bits per heavy atom. The summed E-state index contributed by atoms with van der Waals surface area (Å²) in [5.74, 6) is -0.247. The molecule has 0 unspecified atom stereocenters. The van der Waals surface area contributed by atoms with Crippen molar-refractivity contribution < 1.29 is 17.9 Å². The Morgan fingerprint density at radius 2 is 1.45 bits per heavy atom. The molecule has 0 saturated heterocycles. The molecule has 0 saturated carbocycles. The van der Waals surface area contributed by atoms with Gasteiger partial charge in [0.2, 0.25) is 0 Å². The maximum atomic E-state index is 13.0. The molecule has 0 spiro atoms. The van der Waals surface area contributed by atoms with E-state index in [1.807, 2.05) is 52.0 Å². The minimum Gasteiger partial charge on any atom is -0.495 e. The van der Waals surface area contributed by atoms with Crippen LogP contribution in [0.3, 0.4) is 0 Å². The number of carbonyl (C=O) groups excluding carboxylic acids is 1. The highest BCUT2D eigenvalue weighted by Crippen LogP contribution is 2.28. The lowest BCUT2D eigenvalue weighted by molar-refractivity contribution is 0.102. The highest BCUT2D eigenvalue weighted by molar-refractivity contribution is 7.92. The van der Waals surface area contributed by atoms with E-state index in [0.29, 0.717) is 11.4 Å². The average molecular weight is 439 g/mol. The van der Waals surface area contributed by atoms with Gasteiger partial charge in [0.25, 0.3) is 15.9 Å². The van der Waals surface area contributed by atoms with E-state index < -0.39 is 15.9 Å². The van der Waals surface area contributed by atoms with Gasteiger partial charge >= 0.3 is 0 Å². The fourth-order valence-electron chi connectivity index (χ4n) is 3.42. The van der Waals surface area contributed by atoms with E-state index in [4.69, 9.17) is 4.74 Å². The third-order valence-electron chi connectivity index (χ3n) is 4.93. The first-order chi connectivity index (χ1) is 14.6. The molecule has 162 valence electrons. The second-order valence-corrected chi connectivity index (χ2v) is 9.22. The van der Waals surface area contributed by atoms with Crippen molar-refractivity contribution >= 4 is 27.3 Å². The van der Waals surface area contributed by atoms with Crippen molar-refractivity contribution in [3.8, 4) is 5.75 Å². The van der Waals surface area contributed by atoms with E-state index >= 15 is 0 Å². The monoisotopic (exact) mass is 438 g/mol. The quantitative estimate of drug-likeness (QED) is 0.568. The molecule has 0 fully saturated rings. The van der Waals surface area contributed by atoms with Gasteiger partial charge in [-0.1, -0.05) is 35.4 Å². The summed E-state index contributed by atoms with van der Waals surface area (Å²) in [5.41, 5.74) is 5.35. The van der Waals surface area contributed by atoms with Gasteiger partial charge in [0.15, 0.2) is 0 Å². The number of hydrogen-bond donors (Lipinski definition) is 2. The van der Waals surface area contributed by atoms with Crippen molar-refractivity contribution in [3.63, 3.8) is 0 Å². The summed E-state index contributed by atoms with van der Waals surface area (Å²) in [4.78, 5) is 12.8. The minimum absolute atomic E-state index is 0.111. The number of ether oxygens (including phenoxy) is 1. The molecular formula is C24H26N2O4S. The zero-order valence-corrected chi connectivity index (χ0v) is 19.1. The van der Waals surface area contributed by atoms with Gasteiger partial charge in [-0.15, -0.1) is 0 Å². The highest BCUT2D eigenvalue weighted by atomic mass is 32.2. The number of hydrogen-bond acceptors (Lipinski definition) is 4. The molecule has 0 atom stereocenters. The summed E-state index contributed by atoms with van der Waals surface area (Å²) in [6, 6.07) is 15.3. The van der Waals surface area contributed by atoms with Crippen LogP contribution < -0.4 is 14.8 Å². The lowest BCUT2D eigenvalue weighted by atomic mass is 10.0. The topological polar surface area (TPSA) is 84.5 Å². The van der Waals surface area contributed by atoms with Crippen molar-refractivity contribution in [2.45, 2.75) is 32.6 Å². The second-order valence-electron chi connectivity index (χ2n) is 7.57. The average Bonchev–Trinajstić information content (AvgIpc) is 2.71. The first-order valence-electron chi connectivity index (χ1n) is 9.77. The number of rotatable bonds is 6. The van der Waals surface area contributed by atoms with Crippen LogP contribution in [0.5, 0.6) is 5.75 Å². The van der Waals surface area contributed by atoms with Crippen LogP contribution in [0.4, 0.5) is 11.4 Å². The Hall–Kier alpha value is -3.32. The number of amides is 1. The van der Waals surface area contributed by atoms with Gasteiger partial charge in [0.05, 0.1) is 7.11 Å². The van der Waals surface area contributed by atoms with Gasteiger partial charge in [-0.3, -0.25) is 9.52 Å². The van der Waals surface area contributed by atoms with Gasteiger partial charge in [0, 0.05) is 16.9 Å². The molecule has 2 N–H and O–H groups in total. The standard InChI is InChI=1S/C24H26N2O4S/c1-15-6-9-20(10-7-15)26-31(28,29)22-14-19(8-11-21(22)30-5)24(27)25-23-17(3)12-16(2)13-18(23)4/h6-14,26H,1-5H3,(H,25,27). The summed E-state index contributed by atoms with van der Waals surface area (Å²) in [6.45, 7) is 7.75. The molecular weight excluding hydrogens is 412 g/mol. The number of nitrogens with one attached hydrogen (secondary N) is 2. The zero-order chi connectivity index (χ0) is 22.8. The van der Waals surface area contributed by atoms with Crippen molar-refractivity contribution in [3.05, 3.63) is 82.4 Å². The number of methoxy groups -OCH3 is 1. The lowest BCUT2D eigenvalue weighted by Crippen LogP contribution is -2.17. The number of carbonyl (C=O) groups is 1. The smallest absolute Gasteiger partial charge is 0.265 e. The third-order valence-corrected chi connectivity index (χ3v) is 6.34. The SMILES string of the molecule is COc1ccc(C(=O)Nc2c(C)cc(C)cc2C)cc1S(=O)(=O)Nc1ccc(C)cc1. The molecule has 3 aromatic carbocycles. The maximum absolute atomic E-state index is 13.0. The second kappa shape index (κ2) is 8.81. The fraction of sp³-hybridized carbons (Fsp3) is 0.208. The summed E-state index contributed by atoms with van der Waals surface area (Å²) < 4.78 is 33.8.